The number of hydrogen-bond acceptors (Lipinski definition) is 4. The van der Waals surface area contributed by atoms with E-state index in [1.54, 1.807) is 7.05 Å². The first-order valence-corrected chi connectivity index (χ1v) is 8.17. The molecule has 0 amide bonds. The van der Waals surface area contributed by atoms with Gasteiger partial charge in [-0.05, 0) is 5.56 Å². The molecule has 1 aromatic carbocycles. The maximum atomic E-state index is 12.6. The largest absolute Gasteiger partial charge is 0.371 e. The molecule has 0 unspecified atom stereocenters. The fourth-order valence-electron chi connectivity index (χ4n) is 2.39. The van der Waals surface area contributed by atoms with Crippen molar-refractivity contribution in [1.29, 1.82) is 0 Å². The summed E-state index contributed by atoms with van der Waals surface area (Å²) in [6.07, 6.45) is 2.66. The van der Waals surface area contributed by atoms with Gasteiger partial charge in [-0.1, -0.05) is 30.3 Å². The fraction of sp³-hybridized carbons (Fsp3) is 0.357. The van der Waals surface area contributed by atoms with Gasteiger partial charge < -0.3 is 4.74 Å². The lowest BCUT2D eigenvalue weighted by molar-refractivity contribution is -0.00255. The van der Waals surface area contributed by atoms with Crippen LogP contribution in [-0.2, 0) is 21.8 Å². The normalized spacial score (nSPS) is 20.5. The van der Waals surface area contributed by atoms with Gasteiger partial charge in [0.2, 0.25) is 10.0 Å². The minimum absolute atomic E-state index is 0.221. The number of rotatable bonds is 3. The van der Waals surface area contributed by atoms with Crippen molar-refractivity contribution >= 4 is 10.0 Å². The Kier molecular flexibility index (Phi) is 3.79. The molecule has 0 spiro atoms. The number of ether oxygens (including phenoxy) is 1. The van der Waals surface area contributed by atoms with Crippen LogP contribution >= 0.6 is 0 Å². The minimum atomic E-state index is -3.51. The Balaban J connectivity index is 1.83. The lowest BCUT2D eigenvalue weighted by Gasteiger charge is -2.32. The molecule has 0 saturated carbocycles. The quantitative estimate of drug-likeness (QED) is 0.854. The molecule has 3 rings (SSSR count). The predicted octanol–water partition coefficient (Wildman–Crippen LogP) is 1.18. The van der Waals surface area contributed by atoms with Gasteiger partial charge in [-0.25, -0.2) is 8.42 Å². The second-order valence-corrected chi connectivity index (χ2v) is 6.92. The number of morpholine rings is 1. The Labute approximate surface area is 124 Å². The number of aromatic nitrogens is 2. The van der Waals surface area contributed by atoms with E-state index >= 15 is 0 Å². The third kappa shape index (κ3) is 2.85. The molecule has 1 fully saturated rings. The van der Waals surface area contributed by atoms with Crippen LogP contribution in [0.15, 0.2) is 47.6 Å². The third-order valence-corrected chi connectivity index (χ3v) is 5.34. The van der Waals surface area contributed by atoms with Crippen LogP contribution in [0.1, 0.15) is 11.7 Å². The average Bonchev–Trinajstić information content (AvgIpc) is 2.96. The Morgan fingerprint density at radius 3 is 2.71 bits per heavy atom. The zero-order valence-electron chi connectivity index (χ0n) is 11.7. The third-order valence-electron chi connectivity index (χ3n) is 3.52. The van der Waals surface area contributed by atoms with Gasteiger partial charge in [-0.3, -0.25) is 4.68 Å². The van der Waals surface area contributed by atoms with Gasteiger partial charge >= 0.3 is 0 Å². The van der Waals surface area contributed by atoms with E-state index in [0.29, 0.717) is 19.7 Å². The van der Waals surface area contributed by atoms with Crippen molar-refractivity contribution in [3.05, 3.63) is 48.3 Å². The van der Waals surface area contributed by atoms with Crippen molar-refractivity contribution in [2.45, 2.75) is 11.0 Å². The highest BCUT2D eigenvalue weighted by Crippen LogP contribution is 2.26. The molecule has 0 radical (unpaired) electrons. The maximum Gasteiger partial charge on any atom is 0.246 e. The van der Waals surface area contributed by atoms with Crippen molar-refractivity contribution < 1.29 is 13.2 Å². The molecule has 21 heavy (non-hydrogen) atoms. The molecule has 0 bridgehead atoms. The topological polar surface area (TPSA) is 64.4 Å². The van der Waals surface area contributed by atoms with Gasteiger partial charge in [0, 0.05) is 26.3 Å². The van der Waals surface area contributed by atoms with E-state index in [4.69, 9.17) is 4.74 Å². The number of sulfonamides is 1. The molecule has 1 saturated heterocycles. The Morgan fingerprint density at radius 2 is 2.05 bits per heavy atom. The molecule has 2 heterocycles. The lowest BCUT2D eigenvalue weighted by Crippen LogP contribution is -2.42. The van der Waals surface area contributed by atoms with E-state index in [1.807, 2.05) is 30.3 Å². The molecule has 112 valence electrons. The summed E-state index contributed by atoms with van der Waals surface area (Å²) in [6.45, 7) is 1.07. The standard InChI is InChI=1S/C14H17N3O3S/c1-16-10-13(9-15-16)21(18,19)17-7-8-20-14(11-17)12-5-3-2-4-6-12/h2-6,9-10,14H,7-8,11H2,1H3/t14-/m1/s1. The minimum Gasteiger partial charge on any atom is -0.371 e. The maximum absolute atomic E-state index is 12.6. The molecule has 1 atom stereocenters. The van der Waals surface area contributed by atoms with Gasteiger partial charge in [0.25, 0.3) is 0 Å². The number of nitrogens with zero attached hydrogens (tertiary/aromatic N) is 3. The number of hydrogen-bond donors (Lipinski definition) is 0. The average molecular weight is 307 g/mol. The van der Waals surface area contributed by atoms with Gasteiger partial charge in [0.1, 0.15) is 4.90 Å². The molecule has 0 N–H and O–H groups in total. The van der Waals surface area contributed by atoms with Crippen molar-refractivity contribution in [2.75, 3.05) is 19.7 Å². The van der Waals surface area contributed by atoms with Crippen LogP contribution in [0.5, 0.6) is 0 Å². The second kappa shape index (κ2) is 5.59. The van der Waals surface area contributed by atoms with Crippen molar-refractivity contribution in [3.63, 3.8) is 0 Å². The van der Waals surface area contributed by atoms with E-state index in [9.17, 15) is 8.42 Å². The Morgan fingerprint density at radius 1 is 1.29 bits per heavy atom. The fourth-order valence-corrected chi connectivity index (χ4v) is 3.81. The van der Waals surface area contributed by atoms with E-state index in [1.165, 1.54) is 21.4 Å². The first-order valence-electron chi connectivity index (χ1n) is 6.73. The number of aryl methyl sites for hydroxylation is 1. The summed E-state index contributed by atoms with van der Waals surface area (Å²) in [6, 6.07) is 9.67. The van der Waals surface area contributed by atoms with Crippen LogP contribution in [0.4, 0.5) is 0 Å². The van der Waals surface area contributed by atoms with Gasteiger partial charge in [0.15, 0.2) is 0 Å². The van der Waals surface area contributed by atoms with Gasteiger partial charge in [-0.15, -0.1) is 0 Å². The van der Waals surface area contributed by atoms with E-state index in [2.05, 4.69) is 5.10 Å². The van der Waals surface area contributed by atoms with Crippen LogP contribution in [0.3, 0.4) is 0 Å². The SMILES string of the molecule is Cn1cc(S(=O)(=O)N2CCO[C@@H](c3ccccc3)C2)cn1. The van der Waals surface area contributed by atoms with E-state index in [-0.39, 0.29) is 11.0 Å². The summed E-state index contributed by atoms with van der Waals surface area (Å²) in [5.41, 5.74) is 0.989. The van der Waals surface area contributed by atoms with Gasteiger partial charge in [-0.2, -0.15) is 9.40 Å². The Hall–Kier alpha value is -1.70. The molecule has 0 aliphatic carbocycles. The smallest absolute Gasteiger partial charge is 0.246 e. The highest BCUT2D eigenvalue weighted by Gasteiger charge is 2.32. The van der Waals surface area contributed by atoms with E-state index in [0.717, 1.165) is 5.56 Å². The molecule has 2 aromatic rings. The summed E-state index contributed by atoms with van der Waals surface area (Å²) in [7, 11) is -1.81. The monoisotopic (exact) mass is 307 g/mol. The highest BCUT2D eigenvalue weighted by molar-refractivity contribution is 7.89. The number of benzene rings is 1. The molecule has 7 heteroatoms. The summed E-state index contributed by atoms with van der Waals surface area (Å²) in [4.78, 5) is 0.221. The van der Waals surface area contributed by atoms with Crippen molar-refractivity contribution in [3.8, 4) is 0 Å². The molecular formula is C14H17N3O3S. The van der Waals surface area contributed by atoms with Crippen molar-refractivity contribution in [1.82, 2.24) is 14.1 Å². The predicted molar refractivity (Wildman–Crippen MR) is 77.1 cm³/mol. The van der Waals surface area contributed by atoms with Crippen LogP contribution in [0.2, 0.25) is 0 Å². The van der Waals surface area contributed by atoms with Gasteiger partial charge in [0.05, 0.1) is 18.9 Å². The first-order chi connectivity index (χ1) is 10.1. The summed E-state index contributed by atoms with van der Waals surface area (Å²) < 4.78 is 33.8. The first kappa shape index (κ1) is 14.2. The zero-order valence-corrected chi connectivity index (χ0v) is 12.5. The molecule has 1 aliphatic heterocycles. The Bertz CT molecular complexity index is 712. The molecule has 6 nitrogen and oxygen atoms in total. The zero-order chi connectivity index (χ0) is 14.9. The molecular weight excluding hydrogens is 290 g/mol. The summed E-state index contributed by atoms with van der Waals surface area (Å²) in [5.74, 6) is 0. The van der Waals surface area contributed by atoms with E-state index < -0.39 is 10.0 Å². The molecule has 1 aromatic heterocycles. The highest BCUT2D eigenvalue weighted by atomic mass is 32.2. The van der Waals surface area contributed by atoms with Crippen LogP contribution in [0.25, 0.3) is 0 Å². The van der Waals surface area contributed by atoms with Crippen LogP contribution < -0.4 is 0 Å². The summed E-state index contributed by atoms with van der Waals surface area (Å²) in [5, 5.41) is 3.93. The van der Waals surface area contributed by atoms with Crippen LogP contribution in [-0.4, -0.2) is 42.2 Å². The lowest BCUT2D eigenvalue weighted by atomic mass is 10.1. The second-order valence-electron chi connectivity index (χ2n) is 4.98. The molecule has 1 aliphatic rings. The van der Waals surface area contributed by atoms with Crippen LogP contribution in [0, 0.1) is 0 Å². The van der Waals surface area contributed by atoms with Crippen molar-refractivity contribution in [2.24, 2.45) is 7.05 Å². The summed E-state index contributed by atoms with van der Waals surface area (Å²) >= 11 is 0.